The first-order valence-electron chi connectivity index (χ1n) is 19.4. The van der Waals surface area contributed by atoms with E-state index in [1.165, 1.54) is 19.5 Å². The monoisotopic (exact) mass is 775 g/mol. The number of allylic oxidation sites excluding steroid dienone is 1. The number of aromatic nitrogens is 4. The number of H-pyrrole nitrogens is 1. The van der Waals surface area contributed by atoms with Gasteiger partial charge in [-0.1, -0.05) is 74.0 Å². The van der Waals surface area contributed by atoms with Crippen molar-refractivity contribution in [2.24, 2.45) is 34.6 Å². The van der Waals surface area contributed by atoms with Crippen LogP contribution in [0.4, 0.5) is 10.6 Å². The Hall–Kier alpha value is -5.56. The third-order valence-corrected chi connectivity index (χ3v) is 12.2. The summed E-state index contributed by atoms with van der Waals surface area (Å²) in [4.78, 5) is 62.1. The van der Waals surface area contributed by atoms with Crippen molar-refractivity contribution >= 4 is 46.6 Å². The Morgan fingerprint density at radius 1 is 0.911 bits per heavy atom. The number of carbonyl (C=O) groups excluding carboxylic acids is 3. The van der Waals surface area contributed by atoms with Gasteiger partial charge in [0.05, 0.1) is 31.0 Å². The van der Waals surface area contributed by atoms with E-state index in [9.17, 15) is 14.4 Å². The molecule has 0 radical (unpaired) electrons. The Morgan fingerprint density at radius 2 is 1.61 bits per heavy atom. The molecule has 4 aliphatic rings. The standard InChI is InChI=1S/C42H46ClN9O4/c1-23(2)36(49-42(55)56-3)41(54)52-18-4-5-33(52)38-47-22-32(48-38)27-12-10-25(11-13-27)24-6-8-26(9-7-24)30-20-31(46-21-30)34-28-14-15-29(19-28)35(34)40(53)51-50-39-37(43)44-16-17-45-39/h6-13,16-17,21-23,28-29,33-36H,4-5,14-15,18-20H2,1-3H3,(H,45,50)(H,47,48)(H,49,55)(H,51,53)/t28?,29?,33-,34+,35-,36-/m0/s1. The van der Waals surface area contributed by atoms with Crippen molar-refractivity contribution in [1.29, 1.82) is 0 Å². The number of benzene rings is 2. The fraction of sp³-hybridized carbons (Fsp3) is 0.405. The molecule has 13 nitrogen and oxygen atoms in total. The van der Waals surface area contributed by atoms with Gasteiger partial charge in [0.2, 0.25) is 11.8 Å². The quantitative estimate of drug-likeness (QED) is 0.116. The molecule has 3 fully saturated rings. The first kappa shape index (κ1) is 37.4. The number of carbonyl (C=O) groups is 3. The lowest BCUT2D eigenvalue weighted by Gasteiger charge is -2.30. The van der Waals surface area contributed by atoms with Crippen LogP contribution in [0.3, 0.4) is 0 Å². The highest BCUT2D eigenvalue weighted by Gasteiger charge is 2.53. The van der Waals surface area contributed by atoms with Gasteiger partial charge >= 0.3 is 6.09 Å². The van der Waals surface area contributed by atoms with Gasteiger partial charge in [-0.15, -0.1) is 0 Å². The Kier molecular flexibility index (Phi) is 10.6. The Labute approximate surface area is 330 Å². The molecule has 4 aromatic rings. The van der Waals surface area contributed by atoms with Crippen molar-refractivity contribution < 1.29 is 19.1 Å². The maximum absolute atomic E-state index is 13.5. The molecule has 2 saturated carbocycles. The number of hydrazine groups is 1. The second-order valence-corrected chi connectivity index (χ2v) is 15.9. The summed E-state index contributed by atoms with van der Waals surface area (Å²) in [5, 5.41) is 2.90. The number of aromatic amines is 1. The predicted molar refractivity (Wildman–Crippen MR) is 214 cm³/mol. The average Bonchev–Trinajstić information content (AvgIpc) is 4.08. The summed E-state index contributed by atoms with van der Waals surface area (Å²) in [6.45, 7) is 4.42. The lowest BCUT2D eigenvalue weighted by atomic mass is 9.75. The molecular formula is C42H46ClN9O4. The van der Waals surface area contributed by atoms with Crippen LogP contribution in [-0.4, -0.2) is 68.2 Å². The zero-order valence-electron chi connectivity index (χ0n) is 31.7. The number of anilines is 1. The van der Waals surface area contributed by atoms with Crippen LogP contribution in [-0.2, 0) is 14.3 Å². The number of hydrogen-bond donors (Lipinski definition) is 4. The fourth-order valence-electron chi connectivity index (χ4n) is 9.15. The minimum Gasteiger partial charge on any atom is -0.453 e. The number of fused-ring (bicyclic) bond motifs is 2. The topological polar surface area (TPSA) is 167 Å². The number of methoxy groups -OCH3 is 1. The van der Waals surface area contributed by atoms with Crippen LogP contribution in [0.15, 0.2) is 78.3 Å². The molecule has 2 aromatic carbocycles. The van der Waals surface area contributed by atoms with Gasteiger partial charge in [0.25, 0.3) is 0 Å². The molecule has 4 N–H and O–H groups in total. The molecule has 1 saturated heterocycles. The number of amides is 3. The lowest BCUT2D eigenvalue weighted by molar-refractivity contribution is -0.135. The number of nitrogens with one attached hydrogen (secondary N) is 4. The molecule has 4 heterocycles. The van der Waals surface area contributed by atoms with Crippen LogP contribution in [0.25, 0.3) is 28.0 Å². The third kappa shape index (κ3) is 7.39. The molecule has 3 amide bonds. The van der Waals surface area contributed by atoms with Crippen LogP contribution in [0, 0.1) is 29.6 Å². The van der Waals surface area contributed by atoms with Crippen LogP contribution in [0.1, 0.15) is 69.8 Å². The van der Waals surface area contributed by atoms with Crippen molar-refractivity contribution in [3.05, 3.63) is 89.9 Å². The van der Waals surface area contributed by atoms with Gasteiger partial charge in [-0.2, -0.15) is 0 Å². The number of rotatable bonds is 11. The van der Waals surface area contributed by atoms with Crippen molar-refractivity contribution in [3.63, 3.8) is 0 Å². The normalized spacial score (nSPS) is 23.2. The summed E-state index contributed by atoms with van der Waals surface area (Å²) in [6, 6.07) is 16.1. The van der Waals surface area contributed by atoms with E-state index in [1.54, 1.807) is 0 Å². The molecule has 0 spiro atoms. The summed E-state index contributed by atoms with van der Waals surface area (Å²) >= 11 is 6.13. The van der Waals surface area contributed by atoms with Gasteiger partial charge in [-0.05, 0) is 77.7 Å². The number of hydrogen-bond acceptors (Lipinski definition) is 9. The summed E-state index contributed by atoms with van der Waals surface area (Å²) in [6.07, 6.45) is 11.8. The van der Waals surface area contributed by atoms with Gasteiger partial charge in [-0.3, -0.25) is 25.4 Å². The number of halogens is 1. The number of nitrogens with zero attached hydrogens (tertiary/aromatic N) is 5. The minimum absolute atomic E-state index is 0.0537. The summed E-state index contributed by atoms with van der Waals surface area (Å²) in [5.41, 5.74) is 13.2. The zero-order chi connectivity index (χ0) is 38.9. The predicted octanol–water partition coefficient (Wildman–Crippen LogP) is 7.22. The molecule has 2 unspecified atom stereocenters. The van der Waals surface area contributed by atoms with Crippen molar-refractivity contribution in [2.45, 2.75) is 64.5 Å². The molecule has 2 aliphatic carbocycles. The minimum atomic E-state index is -0.680. The second kappa shape index (κ2) is 15.9. The highest BCUT2D eigenvalue weighted by atomic mass is 35.5. The van der Waals surface area contributed by atoms with Crippen molar-refractivity contribution in [1.82, 2.24) is 35.6 Å². The van der Waals surface area contributed by atoms with Crippen LogP contribution >= 0.6 is 11.6 Å². The average molecular weight is 776 g/mol. The van der Waals surface area contributed by atoms with E-state index >= 15 is 0 Å². The highest BCUT2D eigenvalue weighted by molar-refractivity contribution is 6.31. The van der Waals surface area contributed by atoms with E-state index in [1.807, 2.05) is 31.1 Å². The number of ether oxygens (including phenoxy) is 1. The third-order valence-electron chi connectivity index (χ3n) is 11.9. The Balaban J connectivity index is 0.888. The van der Waals surface area contributed by atoms with Crippen LogP contribution in [0.5, 0.6) is 0 Å². The van der Waals surface area contributed by atoms with E-state index in [-0.39, 0.29) is 40.8 Å². The highest BCUT2D eigenvalue weighted by Crippen LogP contribution is 2.54. The summed E-state index contributed by atoms with van der Waals surface area (Å²) in [5.74, 6) is 1.53. The molecule has 14 heteroatoms. The molecular weight excluding hydrogens is 730 g/mol. The molecule has 290 valence electrons. The first-order valence-corrected chi connectivity index (χ1v) is 19.8. The van der Waals surface area contributed by atoms with E-state index in [4.69, 9.17) is 21.3 Å². The van der Waals surface area contributed by atoms with E-state index in [0.29, 0.717) is 24.2 Å². The molecule has 2 aliphatic heterocycles. The summed E-state index contributed by atoms with van der Waals surface area (Å²) < 4.78 is 4.76. The maximum atomic E-state index is 13.5. The molecule has 2 bridgehead atoms. The lowest BCUT2D eigenvalue weighted by Crippen LogP contribution is -2.51. The number of imidazole rings is 1. The van der Waals surface area contributed by atoms with Crippen LogP contribution in [0.2, 0.25) is 5.15 Å². The van der Waals surface area contributed by atoms with Gasteiger partial charge in [0.1, 0.15) is 11.9 Å². The smallest absolute Gasteiger partial charge is 0.407 e. The van der Waals surface area contributed by atoms with E-state index in [0.717, 1.165) is 83.6 Å². The number of aliphatic imine (C=N–C) groups is 1. The molecule has 56 heavy (non-hydrogen) atoms. The largest absolute Gasteiger partial charge is 0.453 e. The zero-order valence-corrected chi connectivity index (χ0v) is 32.4. The van der Waals surface area contributed by atoms with Gasteiger partial charge in [-0.25, -0.2) is 19.7 Å². The van der Waals surface area contributed by atoms with Crippen molar-refractivity contribution in [2.75, 3.05) is 19.1 Å². The van der Waals surface area contributed by atoms with Crippen LogP contribution < -0.4 is 16.2 Å². The SMILES string of the molecule is COC(=O)N[C@H](C(=O)N1CCC[C@H]1c1ncc(-c2ccc(-c3ccc(C4=CN=C([C@H]5C6CCC(C6)[C@@H]5C(=O)NNc5nccnc5Cl)C4)cc3)cc2)[nH]1)C(C)C. The number of alkyl carbamates (subject to hydrolysis) is 1. The molecule has 6 atom stereocenters. The first-order chi connectivity index (χ1) is 27.2. The van der Waals surface area contributed by atoms with Gasteiger partial charge < -0.3 is 19.9 Å². The Morgan fingerprint density at radius 3 is 2.32 bits per heavy atom. The molecule has 8 rings (SSSR count). The van der Waals surface area contributed by atoms with E-state index in [2.05, 4.69) is 84.6 Å². The van der Waals surface area contributed by atoms with Gasteiger partial charge in [0.15, 0.2) is 11.0 Å². The van der Waals surface area contributed by atoms with E-state index < -0.39 is 12.1 Å². The Bertz CT molecular complexity index is 2170. The summed E-state index contributed by atoms with van der Waals surface area (Å²) in [7, 11) is 1.29. The molecule has 2 aromatic heterocycles. The maximum Gasteiger partial charge on any atom is 0.407 e. The second-order valence-electron chi connectivity index (χ2n) is 15.5. The van der Waals surface area contributed by atoms with Crippen molar-refractivity contribution in [3.8, 4) is 22.4 Å². The van der Waals surface area contributed by atoms with Gasteiger partial charge in [0, 0.05) is 43.2 Å². The number of likely N-dealkylation sites (tertiary alicyclic amines) is 1. The fourth-order valence-corrected chi connectivity index (χ4v) is 9.30.